The molecule has 1 amide bonds. The molecule has 0 saturated carbocycles. The SMILES string of the molecule is CN(C)c1ccc(NC(=O)c2ccc3ncsc3c2)cn1. The van der Waals surface area contributed by atoms with Crippen LogP contribution in [0.15, 0.2) is 42.0 Å². The smallest absolute Gasteiger partial charge is 0.255 e. The molecule has 0 aliphatic carbocycles. The van der Waals surface area contributed by atoms with Crippen molar-refractivity contribution < 1.29 is 4.79 Å². The molecular weight excluding hydrogens is 284 g/mol. The van der Waals surface area contributed by atoms with E-state index in [9.17, 15) is 4.79 Å². The van der Waals surface area contributed by atoms with Crippen LogP contribution in [0.3, 0.4) is 0 Å². The molecular formula is C15H14N4OS. The van der Waals surface area contributed by atoms with E-state index in [2.05, 4.69) is 15.3 Å². The normalized spacial score (nSPS) is 10.6. The Morgan fingerprint density at radius 2 is 2.05 bits per heavy atom. The molecule has 2 aromatic heterocycles. The maximum Gasteiger partial charge on any atom is 0.255 e. The fourth-order valence-electron chi connectivity index (χ4n) is 1.92. The second kappa shape index (κ2) is 5.49. The van der Waals surface area contributed by atoms with Crippen LogP contribution in [0.2, 0.25) is 0 Å². The van der Waals surface area contributed by atoms with Gasteiger partial charge in [0, 0.05) is 19.7 Å². The first kappa shape index (κ1) is 13.5. The lowest BCUT2D eigenvalue weighted by atomic mass is 10.2. The minimum absolute atomic E-state index is 0.148. The molecule has 0 radical (unpaired) electrons. The lowest BCUT2D eigenvalue weighted by Gasteiger charge is -2.11. The van der Waals surface area contributed by atoms with Crippen LogP contribution in [0.4, 0.5) is 11.5 Å². The third-order valence-corrected chi connectivity index (χ3v) is 3.85. The zero-order chi connectivity index (χ0) is 14.8. The van der Waals surface area contributed by atoms with Gasteiger partial charge in [-0.1, -0.05) is 0 Å². The number of rotatable bonds is 3. The number of nitrogens with zero attached hydrogens (tertiary/aromatic N) is 3. The predicted octanol–water partition coefficient (Wildman–Crippen LogP) is 3.01. The fraction of sp³-hybridized carbons (Fsp3) is 0.133. The summed E-state index contributed by atoms with van der Waals surface area (Å²) >= 11 is 1.52. The van der Waals surface area contributed by atoms with E-state index in [1.54, 1.807) is 17.8 Å². The summed E-state index contributed by atoms with van der Waals surface area (Å²) in [4.78, 5) is 22.6. The number of pyridine rings is 1. The lowest BCUT2D eigenvalue weighted by Crippen LogP contribution is -2.13. The molecule has 0 spiro atoms. The molecule has 0 unspecified atom stereocenters. The molecule has 1 aromatic carbocycles. The highest BCUT2D eigenvalue weighted by atomic mass is 32.1. The van der Waals surface area contributed by atoms with E-state index in [-0.39, 0.29) is 5.91 Å². The van der Waals surface area contributed by atoms with Gasteiger partial charge in [-0.2, -0.15) is 0 Å². The Balaban J connectivity index is 1.78. The van der Waals surface area contributed by atoms with Gasteiger partial charge in [0.15, 0.2) is 0 Å². The van der Waals surface area contributed by atoms with Gasteiger partial charge in [0.1, 0.15) is 5.82 Å². The monoisotopic (exact) mass is 298 g/mol. The van der Waals surface area contributed by atoms with Crippen molar-refractivity contribution in [2.24, 2.45) is 0 Å². The number of benzene rings is 1. The largest absolute Gasteiger partial charge is 0.363 e. The molecule has 0 fully saturated rings. The summed E-state index contributed by atoms with van der Waals surface area (Å²) in [5.41, 5.74) is 3.97. The van der Waals surface area contributed by atoms with E-state index >= 15 is 0 Å². The van der Waals surface area contributed by atoms with Crippen molar-refractivity contribution in [1.82, 2.24) is 9.97 Å². The summed E-state index contributed by atoms with van der Waals surface area (Å²) in [6, 6.07) is 9.19. The van der Waals surface area contributed by atoms with Crippen molar-refractivity contribution in [3.05, 3.63) is 47.6 Å². The van der Waals surface area contributed by atoms with Crippen molar-refractivity contribution in [2.75, 3.05) is 24.3 Å². The molecule has 3 rings (SSSR count). The van der Waals surface area contributed by atoms with Crippen LogP contribution < -0.4 is 10.2 Å². The maximum absolute atomic E-state index is 12.2. The molecule has 5 nitrogen and oxygen atoms in total. The van der Waals surface area contributed by atoms with E-state index in [0.29, 0.717) is 11.3 Å². The van der Waals surface area contributed by atoms with Crippen LogP contribution in [0.5, 0.6) is 0 Å². The van der Waals surface area contributed by atoms with Gasteiger partial charge >= 0.3 is 0 Å². The molecule has 0 aliphatic heterocycles. The highest BCUT2D eigenvalue weighted by molar-refractivity contribution is 7.16. The van der Waals surface area contributed by atoms with Crippen LogP contribution in [0, 0.1) is 0 Å². The minimum atomic E-state index is -0.148. The Labute approximate surface area is 126 Å². The Hall–Kier alpha value is -2.47. The molecule has 3 aromatic rings. The molecule has 6 heteroatoms. The third-order valence-electron chi connectivity index (χ3n) is 3.06. The van der Waals surface area contributed by atoms with Crippen LogP contribution in [-0.2, 0) is 0 Å². The average Bonchev–Trinajstić information content (AvgIpc) is 2.95. The Morgan fingerprint density at radius 3 is 2.76 bits per heavy atom. The number of hydrogen-bond acceptors (Lipinski definition) is 5. The number of carbonyl (C=O) groups is 1. The van der Waals surface area contributed by atoms with Gasteiger partial charge < -0.3 is 10.2 Å². The van der Waals surface area contributed by atoms with Crippen LogP contribution in [-0.4, -0.2) is 30.0 Å². The molecule has 21 heavy (non-hydrogen) atoms. The summed E-state index contributed by atoms with van der Waals surface area (Å²) in [5, 5.41) is 2.85. The van der Waals surface area contributed by atoms with Crippen LogP contribution in [0.25, 0.3) is 10.2 Å². The molecule has 106 valence electrons. The molecule has 0 atom stereocenters. The van der Waals surface area contributed by atoms with E-state index in [4.69, 9.17) is 0 Å². The predicted molar refractivity (Wildman–Crippen MR) is 86.1 cm³/mol. The second-order valence-electron chi connectivity index (χ2n) is 4.79. The lowest BCUT2D eigenvalue weighted by molar-refractivity contribution is 0.102. The van der Waals surface area contributed by atoms with E-state index in [1.807, 2.05) is 43.3 Å². The van der Waals surface area contributed by atoms with Crippen molar-refractivity contribution in [1.29, 1.82) is 0 Å². The summed E-state index contributed by atoms with van der Waals surface area (Å²) in [6.07, 6.45) is 1.65. The van der Waals surface area contributed by atoms with Crippen molar-refractivity contribution >= 4 is 39.0 Å². The van der Waals surface area contributed by atoms with Gasteiger partial charge in [0.25, 0.3) is 5.91 Å². The van der Waals surface area contributed by atoms with Crippen LogP contribution in [0.1, 0.15) is 10.4 Å². The van der Waals surface area contributed by atoms with Crippen LogP contribution >= 0.6 is 11.3 Å². The zero-order valence-corrected chi connectivity index (χ0v) is 12.5. The Morgan fingerprint density at radius 1 is 1.19 bits per heavy atom. The number of nitrogens with one attached hydrogen (secondary N) is 1. The number of fused-ring (bicyclic) bond motifs is 1. The first-order chi connectivity index (χ1) is 10.1. The first-order valence-corrected chi connectivity index (χ1v) is 7.29. The minimum Gasteiger partial charge on any atom is -0.363 e. The molecule has 2 heterocycles. The van der Waals surface area contributed by atoms with Gasteiger partial charge in [0.05, 0.1) is 27.6 Å². The third kappa shape index (κ3) is 2.85. The number of thiazole rings is 1. The van der Waals surface area contributed by atoms with Crippen molar-refractivity contribution in [3.63, 3.8) is 0 Å². The van der Waals surface area contributed by atoms with E-state index < -0.39 is 0 Å². The van der Waals surface area contributed by atoms with Crippen molar-refractivity contribution in [2.45, 2.75) is 0 Å². The van der Waals surface area contributed by atoms with Gasteiger partial charge in [-0.05, 0) is 30.3 Å². The maximum atomic E-state index is 12.2. The molecule has 0 bridgehead atoms. The van der Waals surface area contributed by atoms with Gasteiger partial charge in [-0.15, -0.1) is 11.3 Å². The van der Waals surface area contributed by atoms with Gasteiger partial charge in [-0.25, -0.2) is 9.97 Å². The van der Waals surface area contributed by atoms with Crippen molar-refractivity contribution in [3.8, 4) is 0 Å². The molecule has 0 aliphatic rings. The average molecular weight is 298 g/mol. The number of carbonyl (C=O) groups excluding carboxylic acids is 1. The standard InChI is InChI=1S/C15H14N4OS/c1-19(2)14-6-4-11(8-16-14)18-15(20)10-3-5-12-13(7-10)21-9-17-12/h3-9H,1-2H3,(H,18,20). The van der Waals surface area contributed by atoms with E-state index in [0.717, 1.165) is 16.0 Å². The van der Waals surface area contributed by atoms with Gasteiger partial charge in [0.2, 0.25) is 0 Å². The quantitative estimate of drug-likeness (QED) is 0.807. The van der Waals surface area contributed by atoms with E-state index in [1.165, 1.54) is 11.3 Å². The number of hydrogen-bond donors (Lipinski definition) is 1. The number of aromatic nitrogens is 2. The number of anilines is 2. The highest BCUT2D eigenvalue weighted by Crippen LogP contribution is 2.20. The highest BCUT2D eigenvalue weighted by Gasteiger charge is 2.08. The number of amides is 1. The summed E-state index contributed by atoms with van der Waals surface area (Å²) in [6.45, 7) is 0. The first-order valence-electron chi connectivity index (χ1n) is 6.41. The fourth-order valence-corrected chi connectivity index (χ4v) is 2.64. The second-order valence-corrected chi connectivity index (χ2v) is 5.67. The zero-order valence-electron chi connectivity index (χ0n) is 11.7. The Kier molecular flexibility index (Phi) is 3.53. The topological polar surface area (TPSA) is 58.1 Å². The summed E-state index contributed by atoms with van der Waals surface area (Å²) in [5.74, 6) is 0.698. The summed E-state index contributed by atoms with van der Waals surface area (Å²) < 4.78 is 1.00. The summed E-state index contributed by atoms with van der Waals surface area (Å²) in [7, 11) is 3.84. The Bertz CT molecular complexity index is 780. The molecule has 1 N–H and O–H groups in total. The van der Waals surface area contributed by atoms with Gasteiger partial charge in [-0.3, -0.25) is 4.79 Å². The molecule has 0 saturated heterocycles.